The van der Waals surface area contributed by atoms with Gasteiger partial charge in [0.1, 0.15) is 6.20 Å². The predicted octanol–water partition coefficient (Wildman–Crippen LogP) is 2.99. The summed E-state index contributed by atoms with van der Waals surface area (Å²) >= 11 is 1.30. The minimum absolute atomic E-state index is 0.110. The van der Waals surface area contributed by atoms with Gasteiger partial charge in [0.15, 0.2) is 0 Å². The van der Waals surface area contributed by atoms with Gasteiger partial charge >= 0.3 is 12.0 Å². The molecule has 0 amide bonds. The van der Waals surface area contributed by atoms with Crippen LogP contribution in [0.3, 0.4) is 0 Å². The van der Waals surface area contributed by atoms with Crippen LogP contribution in [0, 0.1) is 16.0 Å². The lowest BCUT2D eigenvalue weighted by atomic mass is 9.97. The fourth-order valence-electron chi connectivity index (χ4n) is 2.91. The summed E-state index contributed by atoms with van der Waals surface area (Å²) in [6, 6.07) is 0. The zero-order chi connectivity index (χ0) is 17.3. The van der Waals surface area contributed by atoms with E-state index < -0.39 is 17.6 Å². The number of nitrogens with zero attached hydrogens (tertiary/aromatic N) is 4. The van der Waals surface area contributed by atoms with E-state index in [1.165, 1.54) is 20.6 Å². The van der Waals surface area contributed by atoms with Crippen molar-refractivity contribution in [2.24, 2.45) is 5.92 Å². The molecule has 3 heterocycles. The maximum atomic E-state index is 12.4. The van der Waals surface area contributed by atoms with Crippen LogP contribution in [0.5, 0.6) is 0 Å². The van der Waals surface area contributed by atoms with Gasteiger partial charge in [0.25, 0.3) is 4.96 Å². The Balaban J connectivity index is 1.57. The van der Waals surface area contributed by atoms with Crippen molar-refractivity contribution in [3.63, 3.8) is 0 Å². The average Bonchev–Trinajstić information content (AvgIpc) is 3.04. The number of nitrogens with one attached hydrogen (secondary N) is 1. The molecule has 0 saturated carbocycles. The lowest BCUT2D eigenvalue weighted by Crippen LogP contribution is -2.41. The van der Waals surface area contributed by atoms with E-state index >= 15 is 0 Å². The fourth-order valence-corrected chi connectivity index (χ4v) is 3.62. The smallest absolute Gasteiger partial charge is 0.363 e. The van der Waals surface area contributed by atoms with Gasteiger partial charge in [-0.2, -0.15) is 22.6 Å². The van der Waals surface area contributed by atoms with Crippen molar-refractivity contribution in [1.82, 2.24) is 14.3 Å². The number of hydrogen-bond acceptors (Lipinski definition) is 6. The Kier molecular flexibility index (Phi) is 4.63. The maximum Gasteiger partial charge on any atom is 0.401 e. The first kappa shape index (κ1) is 17.0. The molecule has 7 nitrogen and oxygen atoms in total. The minimum atomic E-state index is -4.17. The monoisotopic (exact) mass is 363 g/mol. The molecule has 0 unspecified atom stereocenters. The largest absolute Gasteiger partial charge is 0.401 e. The molecule has 24 heavy (non-hydrogen) atoms. The van der Waals surface area contributed by atoms with Crippen LogP contribution in [0.1, 0.15) is 12.8 Å². The van der Waals surface area contributed by atoms with E-state index in [1.807, 2.05) is 0 Å². The van der Waals surface area contributed by atoms with Gasteiger partial charge in [-0.05, 0) is 36.8 Å². The highest BCUT2D eigenvalue weighted by Gasteiger charge is 2.32. The highest BCUT2D eigenvalue weighted by Crippen LogP contribution is 2.29. The van der Waals surface area contributed by atoms with Crippen LogP contribution in [0.25, 0.3) is 4.96 Å². The van der Waals surface area contributed by atoms with E-state index in [2.05, 4.69) is 10.3 Å². The second-order valence-electron chi connectivity index (χ2n) is 5.81. The molecule has 1 fully saturated rings. The van der Waals surface area contributed by atoms with Gasteiger partial charge in [0.05, 0.1) is 6.54 Å². The Labute approximate surface area is 139 Å². The summed E-state index contributed by atoms with van der Waals surface area (Å²) in [4.78, 5) is 16.9. The summed E-state index contributed by atoms with van der Waals surface area (Å²) in [6.07, 6.45) is -1.34. The third kappa shape index (κ3) is 3.78. The van der Waals surface area contributed by atoms with Gasteiger partial charge < -0.3 is 15.4 Å². The summed E-state index contributed by atoms with van der Waals surface area (Å²) in [5.74, 6) is 0.277. The number of halogens is 3. The van der Waals surface area contributed by atoms with Crippen LogP contribution in [0.15, 0.2) is 11.6 Å². The van der Waals surface area contributed by atoms with Crippen LogP contribution >= 0.6 is 11.3 Å². The molecule has 2 aromatic rings. The summed E-state index contributed by atoms with van der Waals surface area (Å²) in [5.41, 5.74) is 0. The van der Waals surface area contributed by atoms with E-state index in [0.29, 0.717) is 37.4 Å². The van der Waals surface area contributed by atoms with Crippen molar-refractivity contribution in [1.29, 1.82) is 0 Å². The Bertz CT molecular complexity index is 721. The minimum Gasteiger partial charge on any atom is -0.363 e. The lowest BCUT2D eigenvalue weighted by molar-refractivity contribution is -0.389. The molecular weight excluding hydrogens is 347 g/mol. The summed E-state index contributed by atoms with van der Waals surface area (Å²) < 4.78 is 38.5. The molecule has 1 saturated heterocycles. The third-order valence-corrected chi connectivity index (χ3v) is 4.83. The number of likely N-dealkylation sites (tertiary alicyclic amines) is 1. The molecule has 0 spiro atoms. The van der Waals surface area contributed by atoms with Crippen molar-refractivity contribution >= 4 is 27.9 Å². The molecule has 0 aliphatic carbocycles. The molecule has 1 aliphatic heterocycles. The molecule has 132 valence electrons. The Morgan fingerprint density at radius 1 is 1.42 bits per heavy atom. The van der Waals surface area contributed by atoms with Crippen LogP contribution in [-0.2, 0) is 0 Å². The van der Waals surface area contributed by atoms with E-state index in [-0.39, 0.29) is 17.6 Å². The zero-order valence-corrected chi connectivity index (χ0v) is 13.4. The van der Waals surface area contributed by atoms with Crippen LogP contribution in [0.4, 0.5) is 24.8 Å². The normalized spacial score (nSPS) is 17.5. The molecule has 0 atom stereocenters. The summed E-state index contributed by atoms with van der Waals surface area (Å²) in [5, 5.41) is 15.9. The standard InChI is InChI=1S/C13H16F3N5O2S/c14-13(15,16)8-19-3-1-9(2-4-19)7-17-10-11(21(22)23)20-5-6-24-12(20)18-10/h5-6,9,17H,1-4,7-8H2. The molecule has 0 radical (unpaired) electrons. The van der Waals surface area contributed by atoms with E-state index in [0.717, 1.165) is 0 Å². The number of thiazole rings is 1. The first-order chi connectivity index (χ1) is 11.3. The van der Waals surface area contributed by atoms with Crippen LogP contribution in [-0.4, -0.2) is 51.6 Å². The number of anilines is 1. The van der Waals surface area contributed by atoms with Crippen molar-refractivity contribution in [3.05, 3.63) is 21.7 Å². The van der Waals surface area contributed by atoms with Crippen molar-refractivity contribution in [3.8, 4) is 0 Å². The number of fused-ring (bicyclic) bond motifs is 1. The van der Waals surface area contributed by atoms with Crippen LogP contribution < -0.4 is 5.32 Å². The number of imidazole rings is 1. The van der Waals surface area contributed by atoms with Gasteiger partial charge in [-0.15, -0.1) is 0 Å². The van der Waals surface area contributed by atoms with Crippen molar-refractivity contribution in [2.75, 3.05) is 31.5 Å². The zero-order valence-electron chi connectivity index (χ0n) is 12.6. The molecule has 3 rings (SSSR count). The Morgan fingerprint density at radius 3 is 2.75 bits per heavy atom. The number of nitro groups is 1. The third-order valence-electron chi connectivity index (χ3n) is 4.08. The van der Waals surface area contributed by atoms with Crippen LogP contribution in [0.2, 0.25) is 0 Å². The number of hydrogen-bond donors (Lipinski definition) is 1. The number of piperidine rings is 1. The number of aromatic nitrogens is 2. The fraction of sp³-hybridized carbons (Fsp3) is 0.615. The second kappa shape index (κ2) is 6.55. The molecule has 2 aromatic heterocycles. The van der Waals surface area contributed by atoms with Gasteiger partial charge in [-0.1, -0.05) is 11.3 Å². The summed E-state index contributed by atoms with van der Waals surface area (Å²) in [7, 11) is 0. The number of rotatable bonds is 5. The van der Waals surface area contributed by atoms with Crippen molar-refractivity contribution in [2.45, 2.75) is 19.0 Å². The Hall–Kier alpha value is -1.88. The van der Waals surface area contributed by atoms with Gasteiger partial charge in [-0.25, -0.2) is 0 Å². The molecular formula is C13H16F3N5O2S. The van der Waals surface area contributed by atoms with Gasteiger partial charge in [0, 0.05) is 11.9 Å². The van der Waals surface area contributed by atoms with Gasteiger partial charge in [0.2, 0.25) is 5.82 Å². The lowest BCUT2D eigenvalue weighted by Gasteiger charge is -2.32. The highest BCUT2D eigenvalue weighted by atomic mass is 32.1. The first-order valence-electron chi connectivity index (χ1n) is 7.46. The van der Waals surface area contributed by atoms with Gasteiger partial charge in [-0.3, -0.25) is 4.90 Å². The topological polar surface area (TPSA) is 75.7 Å². The van der Waals surface area contributed by atoms with Crippen molar-refractivity contribution < 1.29 is 18.1 Å². The van der Waals surface area contributed by atoms with E-state index in [1.54, 1.807) is 11.6 Å². The molecule has 1 N–H and O–H groups in total. The Morgan fingerprint density at radius 2 is 2.12 bits per heavy atom. The quantitative estimate of drug-likeness (QED) is 0.653. The predicted molar refractivity (Wildman–Crippen MR) is 83.4 cm³/mol. The first-order valence-corrected chi connectivity index (χ1v) is 8.34. The maximum absolute atomic E-state index is 12.4. The highest BCUT2D eigenvalue weighted by molar-refractivity contribution is 7.15. The van der Waals surface area contributed by atoms with E-state index in [4.69, 9.17) is 0 Å². The molecule has 11 heteroatoms. The summed E-state index contributed by atoms with van der Waals surface area (Å²) in [6.45, 7) is 0.347. The molecule has 0 bridgehead atoms. The molecule has 1 aliphatic rings. The number of alkyl halides is 3. The average molecular weight is 363 g/mol. The SMILES string of the molecule is O=[N+]([O-])c1c(NCC2CCN(CC(F)(F)F)CC2)nc2sccn12. The molecule has 0 aromatic carbocycles. The van der Waals surface area contributed by atoms with E-state index in [9.17, 15) is 23.3 Å². The second-order valence-corrected chi connectivity index (χ2v) is 6.69.